The van der Waals surface area contributed by atoms with Gasteiger partial charge in [-0.05, 0) is 13.8 Å². The smallest absolute Gasteiger partial charge is 0.342 e. The summed E-state index contributed by atoms with van der Waals surface area (Å²) in [6.07, 6.45) is 0. The monoisotopic (exact) mass is 237 g/mol. The van der Waals surface area contributed by atoms with E-state index in [1.807, 2.05) is 0 Å². The number of carbonyl (C=O) groups is 2. The first kappa shape index (κ1) is 14.3. The molecule has 0 fully saturated rings. The van der Waals surface area contributed by atoms with Crippen LogP contribution in [0.3, 0.4) is 0 Å². The van der Waals surface area contributed by atoms with Crippen molar-refractivity contribution in [3.8, 4) is 0 Å². The van der Waals surface area contributed by atoms with Crippen molar-refractivity contribution in [1.82, 2.24) is 4.90 Å². The van der Waals surface area contributed by atoms with Gasteiger partial charge in [0, 0.05) is 14.1 Å². The van der Waals surface area contributed by atoms with Gasteiger partial charge in [-0.1, -0.05) is 0 Å². The second-order valence-corrected chi connectivity index (χ2v) is 4.76. The van der Waals surface area contributed by atoms with Gasteiger partial charge in [-0.2, -0.15) is 0 Å². The molecule has 0 bridgehead atoms. The molecule has 0 heterocycles. The van der Waals surface area contributed by atoms with Gasteiger partial charge in [0.15, 0.2) is 0 Å². The number of carbonyl (C=O) groups excluding carboxylic acids is 2. The minimum Gasteiger partial charge on any atom is -0.342 e. The van der Waals surface area contributed by atoms with Crippen molar-refractivity contribution in [2.24, 2.45) is 0 Å². The molecule has 0 saturated carbocycles. The lowest BCUT2D eigenvalue weighted by molar-refractivity contribution is -0.139. The fourth-order valence-electron chi connectivity index (χ4n) is 0.803. The summed E-state index contributed by atoms with van der Waals surface area (Å²) in [6, 6.07) is 0. The van der Waals surface area contributed by atoms with E-state index in [4.69, 9.17) is 9.05 Å². The molecule has 0 aliphatic carbocycles. The van der Waals surface area contributed by atoms with Gasteiger partial charge >= 0.3 is 19.0 Å². The van der Waals surface area contributed by atoms with Gasteiger partial charge in [-0.15, -0.1) is 0 Å². The van der Waals surface area contributed by atoms with Gasteiger partial charge < -0.3 is 13.9 Å². The van der Waals surface area contributed by atoms with Crippen LogP contribution in [0.5, 0.6) is 0 Å². The molecule has 0 N–H and O–H groups in total. The molecule has 0 aliphatic heterocycles. The Morgan fingerprint density at radius 2 is 1.53 bits per heavy atom. The Morgan fingerprint density at radius 1 is 1.13 bits per heavy atom. The van der Waals surface area contributed by atoms with Gasteiger partial charge in [0.2, 0.25) is 0 Å². The zero-order chi connectivity index (χ0) is 12.1. The highest BCUT2D eigenvalue weighted by Gasteiger charge is 2.40. The Hall–Kier alpha value is -0.710. The van der Waals surface area contributed by atoms with Crippen molar-refractivity contribution in [2.75, 3.05) is 27.3 Å². The lowest BCUT2D eigenvalue weighted by Gasteiger charge is -2.16. The first-order chi connectivity index (χ1) is 6.89. The highest BCUT2D eigenvalue weighted by atomic mass is 31.2. The van der Waals surface area contributed by atoms with E-state index in [1.54, 1.807) is 13.8 Å². The summed E-state index contributed by atoms with van der Waals surface area (Å²) in [4.78, 5) is 23.8. The average molecular weight is 237 g/mol. The Kier molecular flexibility index (Phi) is 5.72. The molecule has 6 nitrogen and oxygen atoms in total. The molecule has 88 valence electrons. The molecule has 0 atom stereocenters. The first-order valence-corrected chi connectivity index (χ1v) is 6.08. The molecule has 0 spiro atoms. The van der Waals surface area contributed by atoms with Crippen LogP contribution in [0, 0.1) is 0 Å². The quantitative estimate of drug-likeness (QED) is 0.506. The van der Waals surface area contributed by atoms with Crippen molar-refractivity contribution in [3.63, 3.8) is 0 Å². The summed E-state index contributed by atoms with van der Waals surface area (Å²) < 4.78 is 21.3. The van der Waals surface area contributed by atoms with Crippen LogP contribution in [0.15, 0.2) is 0 Å². The minimum absolute atomic E-state index is 0.0454. The summed E-state index contributed by atoms with van der Waals surface area (Å²) in [6.45, 7) is 3.23. The SMILES string of the molecule is CCOP(=O)(OCC)C(=O)C(=O)N(C)C. The van der Waals surface area contributed by atoms with Crippen molar-refractivity contribution in [1.29, 1.82) is 0 Å². The summed E-state index contributed by atoms with van der Waals surface area (Å²) in [5.74, 6) is -0.889. The molecule has 1 amide bonds. The van der Waals surface area contributed by atoms with Gasteiger partial charge in [-0.25, -0.2) is 0 Å². The van der Waals surface area contributed by atoms with Gasteiger partial charge in [0.05, 0.1) is 13.2 Å². The molecule has 0 saturated heterocycles. The summed E-state index contributed by atoms with van der Waals surface area (Å²) >= 11 is 0. The predicted molar refractivity (Wildman–Crippen MR) is 54.6 cm³/mol. The maximum atomic E-state index is 11.8. The molecule has 0 radical (unpaired) electrons. The second-order valence-electron chi connectivity index (χ2n) is 2.84. The van der Waals surface area contributed by atoms with Gasteiger partial charge in [0.25, 0.3) is 0 Å². The fourth-order valence-corrected chi connectivity index (χ4v) is 2.23. The molecule has 0 aromatic carbocycles. The molecule has 0 unspecified atom stereocenters. The molecule has 0 rings (SSSR count). The van der Waals surface area contributed by atoms with Crippen molar-refractivity contribution < 1.29 is 23.2 Å². The number of nitrogens with zero attached hydrogens (tertiary/aromatic N) is 1. The number of rotatable bonds is 6. The van der Waals surface area contributed by atoms with Crippen molar-refractivity contribution in [2.45, 2.75) is 13.8 Å². The van der Waals surface area contributed by atoms with Gasteiger partial charge in [-0.3, -0.25) is 14.2 Å². The summed E-state index contributed by atoms with van der Waals surface area (Å²) in [5.41, 5.74) is -1.13. The Labute approximate surface area is 89.1 Å². The molecule has 15 heavy (non-hydrogen) atoms. The number of hydrogen-bond acceptors (Lipinski definition) is 5. The third-order valence-electron chi connectivity index (χ3n) is 1.44. The first-order valence-electron chi connectivity index (χ1n) is 4.54. The molecule has 0 aromatic heterocycles. The van der Waals surface area contributed by atoms with Crippen LogP contribution in [0.2, 0.25) is 0 Å². The highest BCUT2D eigenvalue weighted by molar-refractivity contribution is 7.74. The predicted octanol–water partition coefficient (Wildman–Crippen LogP) is 0.867. The van der Waals surface area contributed by atoms with Crippen molar-refractivity contribution >= 4 is 19.0 Å². The maximum Gasteiger partial charge on any atom is 0.406 e. The lowest BCUT2D eigenvalue weighted by Crippen LogP contribution is -2.30. The zero-order valence-electron chi connectivity index (χ0n) is 9.35. The number of amides is 1. The minimum atomic E-state index is -3.95. The number of likely N-dealkylation sites (N-methyl/N-ethyl adjacent to an activating group) is 1. The largest absolute Gasteiger partial charge is 0.406 e. The van der Waals surface area contributed by atoms with Crippen LogP contribution in [0.25, 0.3) is 0 Å². The van der Waals surface area contributed by atoms with Gasteiger partial charge in [0.1, 0.15) is 0 Å². The molecular formula is C8H16NO5P. The summed E-state index contributed by atoms with van der Waals surface area (Å²) in [7, 11) is -1.17. The van der Waals surface area contributed by atoms with E-state index < -0.39 is 19.0 Å². The normalized spacial score (nSPS) is 11.2. The molecule has 7 heteroatoms. The van der Waals surface area contributed by atoms with E-state index in [2.05, 4.69) is 0 Å². The van der Waals surface area contributed by atoms with Crippen LogP contribution < -0.4 is 0 Å². The van der Waals surface area contributed by atoms with E-state index in [-0.39, 0.29) is 13.2 Å². The van der Waals surface area contributed by atoms with E-state index in [9.17, 15) is 14.2 Å². The standard InChI is InChI=1S/C8H16NO5P/c1-5-13-15(12,14-6-2)8(11)7(10)9(3)4/h5-6H2,1-4H3. The van der Waals surface area contributed by atoms with Crippen LogP contribution in [0.1, 0.15) is 13.8 Å². The Morgan fingerprint density at radius 3 is 1.80 bits per heavy atom. The maximum absolute atomic E-state index is 11.8. The molecular weight excluding hydrogens is 221 g/mol. The van der Waals surface area contributed by atoms with Crippen LogP contribution in [-0.4, -0.2) is 43.6 Å². The highest BCUT2D eigenvalue weighted by Crippen LogP contribution is 2.49. The summed E-state index contributed by atoms with van der Waals surface area (Å²) in [5, 5.41) is 0. The van der Waals surface area contributed by atoms with Crippen LogP contribution in [0.4, 0.5) is 0 Å². The number of hydrogen-bond donors (Lipinski definition) is 0. The van der Waals surface area contributed by atoms with Crippen molar-refractivity contribution in [3.05, 3.63) is 0 Å². The fraction of sp³-hybridized carbons (Fsp3) is 0.750. The Bertz CT molecular complexity index is 279. The van der Waals surface area contributed by atoms with Crippen LogP contribution >= 0.6 is 7.60 Å². The zero-order valence-corrected chi connectivity index (χ0v) is 10.2. The topological polar surface area (TPSA) is 72.9 Å². The van der Waals surface area contributed by atoms with E-state index in [0.29, 0.717) is 0 Å². The molecule has 0 aliphatic rings. The van der Waals surface area contributed by atoms with E-state index in [0.717, 1.165) is 4.90 Å². The Balaban J connectivity index is 4.85. The van der Waals surface area contributed by atoms with E-state index >= 15 is 0 Å². The molecule has 0 aromatic rings. The second kappa shape index (κ2) is 6.00. The van der Waals surface area contributed by atoms with Crippen LogP contribution in [-0.2, 0) is 23.2 Å². The third kappa shape index (κ3) is 3.74. The van der Waals surface area contributed by atoms with E-state index in [1.165, 1.54) is 14.1 Å². The third-order valence-corrected chi connectivity index (χ3v) is 3.32. The average Bonchev–Trinajstić information content (AvgIpc) is 2.16. The lowest BCUT2D eigenvalue weighted by atomic mass is 10.6.